The van der Waals surface area contributed by atoms with Gasteiger partial charge in [-0.3, -0.25) is 4.79 Å². The SMILES string of the molecule is Cc1cc(COc2c(Cl)cc(CC(=O)O)cc2Cl)c(F)c(NC(C)C)c1. The van der Waals surface area contributed by atoms with Gasteiger partial charge in [0.25, 0.3) is 0 Å². The van der Waals surface area contributed by atoms with E-state index in [-0.39, 0.29) is 40.7 Å². The highest BCUT2D eigenvalue weighted by Gasteiger charge is 2.15. The molecule has 2 aromatic rings. The molecule has 7 heteroatoms. The lowest BCUT2D eigenvalue weighted by Gasteiger charge is -2.16. The quantitative estimate of drug-likeness (QED) is 0.647. The van der Waals surface area contributed by atoms with E-state index in [0.717, 1.165) is 5.56 Å². The number of benzene rings is 2. The number of aryl methyl sites for hydroxylation is 1. The van der Waals surface area contributed by atoms with Crippen LogP contribution in [0, 0.1) is 12.7 Å². The number of rotatable bonds is 7. The second kappa shape index (κ2) is 8.60. The summed E-state index contributed by atoms with van der Waals surface area (Å²) < 4.78 is 20.3. The average molecular weight is 400 g/mol. The molecule has 140 valence electrons. The molecule has 0 atom stereocenters. The Morgan fingerprint density at radius 2 is 1.85 bits per heavy atom. The van der Waals surface area contributed by atoms with Crippen LogP contribution < -0.4 is 10.1 Å². The van der Waals surface area contributed by atoms with Gasteiger partial charge in [0, 0.05) is 11.6 Å². The molecule has 0 aromatic heterocycles. The fraction of sp³-hybridized carbons (Fsp3) is 0.316. The van der Waals surface area contributed by atoms with Crippen LogP contribution in [0.4, 0.5) is 10.1 Å². The van der Waals surface area contributed by atoms with E-state index in [1.807, 2.05) is 20.8 Å². The molecule has 0 radical (unpaired) electrons. The molecule has 2 N–H and O–H groups in total. The van der Waals surface area contributed by atoms with Gasteiger partial charge in [0.1, 0.15) is 6.61 Å². The highest BCUT2D eigenvalue weighted by atomic mass is 35.5. The van der Waals surface area contributed by atoms with Crippen molar-refractivity contribution < 1.29 is 19.0 Å². The normalized spacial score (nSPS) is 10.9. The molecule has 0 aliphatic rings. The van der Waals surface area contributed by atoms with Gasteiger partial charge in [0.15, 0.2) is 11.6 Å². The number of halogens is 3. The van der Waals surface area contributed by atoms with Crippen molar-refractivity contribution in [2.45, 2.75) is 39.8 Å². The van der Waals surface area contributed by atoms with E-state index in [0.29, 0.717) is 16.8 Å². The number of ether oxygens (including phenoxy) is 1. The van der Waals surface area contributed by atoms with E-state index in [2.05, 4.69) is 5.32 Å². The topological polar surface area (TPSA) is 58.6 Å². The van der Waals surface area contributed by atoms with Gasteiger partial charge in [-0.05, 0) is 56.2 Å². The van der Waals surface area contributed by atoms with E-state index in [1.54, 1.807) is 12.1 Å². The molecular weight excluding hydrogens is 380 g/mol. The molecule has 0 bridgehead atoms. The van der Waals surface area contributed by atoms with Crippen molar-refractivity contribution in [1.29, 1.82) is 0 Å². The smallest absolute Gasteiger partial charge is 0.307 e. The fourth-order valence-electron chi connectivity index (χ4n) is 2.54. The predicted molar refractivity (Wildman–Crippen MR) is 102 cm³/mol. The van der Waals surface area contributed by atoms with Crippen LogP contribution in [-0.2, 0) is 17.8 Å². The van der Waals surface area contributed by atoms with Crippen LogP contribution in [-0.4, -0.2) is 17.1 Å². The van der Waals surface area contributed by atoms with Crippen molar-refractivity contribution in [3.05, 3.63) is 56.8 Å². The Balaban J connectivity index is 2.23. The summed E-state index contributed by atoms with van der Waals surface area (Å²) >= 11 is 12.3. The Bertz CT molecular complexity index is 802. The number of hydrogen-bond acceptors (Lipinski definition) is 3. The van der Waals surface area contributed by atoms with E-state index < -0.39 is 5.97 Å². The van der Waals surface area contributed by atoms with E-state index in [4.69, 9.17) is 33.0 Å². The van der Waals surface area contributed by atoms with Crippen LogP contribution in [0.25, 0.3) is 0 Å². The van der Waals surface area contributed by atoms with E-state index in [9.17, 15) is 9.18 Å². The molecule has 0 aliphatic heterocycles. The summed E-state index contributed by atoms with van der Waals surface area (Å²) in [6.45, 7) is 5.67. The third-order valence-electron chi connectivity index (χ3n) is 3.52. The summed E-state index contributed by atoms with van der Waals surface area (Å²) in [5.74, 6) is -1.18. The van der Waals surface area contributed by atoms with Gasteiger partial charge in [-0.25, -0.2) is 4.39 Å². The first-order chi connectivity index (χ1) is 12.2. The number of anilines is 1. The number of aliphatic carboxylic acids is 1. The number of nitrogens with one attached hydrogen (secondary N) is 1. The molecule has 2 rings (SSSR count). The van der Waals surface area contributed by atoms with Gasteiger partial charge in [0.2, 0.25) is 0 Å². The maximum atomic E-state index is 14.7. The molecule has 4 nitrogen and oxygen atoms in total. The van der Waals surface area contributed by atoms with Crippen LogP contribution in [0.3, 0.4) is 0 Å². The van der Waals surface area contributed by atoms with Gasteiger partial charge < -0.3 is 15.2 Å². The first-order valence-corrected chi connectivity index (χ1v) is 8.81. The zero-order valence-electron chi connectivity index (χ0n) is 14.7. The number of carboxylic acid groups (broad SMARTS) is 1. The van der Waals surface area contributed by atoms with Gasteiger partial charge in [-0.2, -0.15) is 0 Å². The van der Waals surface area contributed by atoms with Gasteiger partial charge in [0.05, 0.1) is 22.2 Å². The third-order valence-corrected chi connectivity index (χ3v) is 4.08. The molecule has 0 unspecified atom stereocenters. The largest absolute Gasteiger partial charge is 0.486 e. The van der Waals surface area contributed by atoms with Gasteiger partial charge in [-0.1, -0.05) is 23.2 Å². The molecular formula is C19H20Cl2FNO3. The zero-order valence-corrected chi connectivity index (χ0v) is 16.2. The Labute approximate surface area is 161 Å². The summed E-state index contributed by atoms with van der Waals surface area (Å²) in [6, 6.07) is 6.48. The van der Waals surface area contributed by atoms with Crippen molar-refractivity contribution >= 4 is 34.9 Å². The summed E-state index contributed by atoms with van der Waals surface area (Å²) in [7, 11) is 0. The highest BCUT2D eigenvalue weighted by Crippen LogP contribution is 2.35. The predicted octanol–water partition coefficient (Wildman–Crippen LogP) is 5.47. The highest BCUT2D eigenvalue weighted by molar-refractivity contribution is 6.37. The molecule has 0 amide bonds. The maximum Gasteiger partial charge on any atom is 0.307 e. The third kappa shape index (κ3) is 5.26. The van der Waals surface area contributed by atoms with Crippen molar-refractivity contribution in [3.8, 4) is 5.75 Å². The summed E-state index contributed by atoms with van der Waals surface area (Å²) in [4.78, 5) is 10.8. The average Bonchev–Trinajstić information content (AvgIpc) is 2.49. The molecule has 0 saturated carbocycles. The van der Waals surface area contributed by atoms with Crippen molar-refractivity contribution in [1.82, 2.24) is 0 Å². The zero-order chi connectivity index (χ0) is 19.4. The minimum Gasteiger partial charge on any atom is -0.486 e. The number of carboxylic acids is 1. The van der Waals surface area contributed by atoms with Crippen LogP contribution in [0.15, 0.2) is 24.3 Å². The minimum atomic E-state index is -0.988. The molecule has 2 aromatic carbocycles. The van der Waals surface area contributed by atoms with Gasteiger partial charge >= 0.3 is 5.97 Å². The van der Waals surface area contributed by atoms with Crippen molar-refractivity contribution in [2.24, 2.45) is 0 Å². The Morgan fingerprint density at radius 3 is 2.38 bits per heavy atom. The molecule has 0 aliphatic carbocycles. The maximum absolute atomic E-state index is 14.7. The Kier molecular flexibility index (Phi) is 6.73. The molecule has 26 heavy (non-hydrogen) atoms. The Morgan fingerprint density at radius 1 is 1.23 bits per heavy atom. The molecule has 0 heterocycles. The second-order valence-electron chi connectivity index (χ2n) is 6.33. The minimum absolute atomic E-state index is 0.0575. The van der Waals surface area contributed by atoms with Crippen molar-refractivity contribution in [2.75, 3.05) is 5.32 Å². The van der Waals surface area contributed by atoms with E-state index >= 15 is 0 Å². The van der Waals surface area contributed by atoms with Crippen LogP contribution >= 0.6 is 23.2 Å². The second-order valence-corrected chi connectivity index (χ2v) is 7.15. The van der Waals surface area contributed by atoms with Crippen molar-refractivity contribution in [3.63, 3.8) is 0 Å². The van der Waals surface area contributed by atoms with Crippen LogP contribution in [0.1, 0.15) is 30.5 Å². The van der Waals surface area contributed by atoms with Crippen LogP contribution in [0.5, 0.6) is 5.75 Å². The fourth-order valence-corrected chi connectivity index (χ4v) is 3.18. The monoisotopic (exact) mass is 399 g/mol. The van der Waals surface area contributed by atoms with Gasteiger partial charge in [-0.15, -0.1) is 0 Å². The number of carbonyl (C=O) groups is 1. The first-order valence-electron chi connectivity index (χ1n) is 8.05. The molecule has 0 fully saturated rings. The summed E-state index contributed by atoms with van der Waals surface area (Å²) in [5, 5.41) is 12.3. The lowest BCUT2D eigenvalue weighted by molar-refractivity contribution is -0.136. The lowest BCUT2D eigenvalue weighted by atomic mass is 10.1. The summed E-state index contributed by atoms with van der Waals surface area (Å²) in [5.41, 5.74) is 2.13. The Hall–Kier alpha value is -1.98. The summed E-state index contributed by atoms with van der Waals surface area (Å²) in [6.07, 6.45) is -0.198. The number of hydrogen-bond donors (Lipinski definition) is 2. The molecule has 0 spiro atoms. The van der Waals surface area contributed by atoms with Crippen LogP contribution in [0.2, 0.25) is 10.0 Å². The van der Waals surface area contributed by atoms with E-state index in [1.165, 1.54) is 12.1 Å². The standard InChI is InChI=1S/C19H20Cl2FNO3/c1-10(2)23-16-5-11(3)4-13(18(16)22)9-26-19-14(20)6-12(7-15(19)21)8-17(24)25/h4-7,10,23H,8-9H2,1-3H3,(H,24,25). The first kappa shape index (κ1) is 20.3. The molecule has 0 saturated heterocycles. The lowest BCUT2D eigenvalue weighted by Crippen LogP contribution is -2.13.